The Kier molecular flexibility index (Phi) is 5.29. The molecule has 2 aromatic carbocycles. The summed E-state index contributed by atoms with van der Waals surface area (Å²) in [4.78, 5) is 4.22. The van der Waals surface area contributed by atoms with Crippen molar-refractivity contribution in [1.82, 2.24) is 0 Å². The molecule has 29 heavy (non-hydrogen) atoms. The van der Waals surface area contributed by atoms with E-state index in [-0.39, 0.29) is 21.4 Å². The van der Waals surface area contributed by atoms with E-state index in [0.717, 1.165) is 11.1 Å². The molecule has 1 aliphatic rings. The molecule has 1 aliphatic carbocycles. The molecule has 0 saturated heterocycles. The van der Waals surface area contributed by atoms with Crippen molar-refractivity contribution < 1.29 is 13.0 Å². The molecule has 2 aromatic rings. The molecule has 3 rings (SSSR count). The van der Waals surface area contributed by atoms with Crippen LogP contribution in [-0.2, 0) is 20.9 Å². The first-order valence-corrected chi connectivity index (χ1v) is 11.5. The second kappa shape index (κ2) is 7.06. The molecule has 0 fully saturated rings. The normalized spacial score (nSPS) is 23.2. The molecule has 0 aliphatic heterocycles. The lowest BCUT2D eigenvalue weighted by molar-refractivity contribution is 0.144. The average Bonchev–Trinajstić information content (AvgIpc) is 2.63. The molecule has 156 valence electrons. The van der Waals surface area contributed by atoms with Crippen molar-refractivity contribution in [2.24, 2.45) is 16.8 Å². The number of aryl methyl sites for hydroxylation is 1. The fourth-order valence-electron chi connectivity index (χ4n) is 4.59. The predicted octanol–water partition coefficient (Wildman–Crippen LogP) is 5.83. The van der Waals surface area contributed by atoms with Gasteiger partial charge in [-0.05, 0) is 70.0 Å². The highest BCUT2D eigenvalue weighted by molar-refractivity contribution is 7.86. The summed E-state index contributed by atoms with van der Waals surface area (Å²) < 4.78 is 32.7. The zero-order valence-corrected chi connectivity index (χ0v) is 19.1. The van der Waals surface area contributed by atoms with Gasteiger partial charge in [0.2, 0.25) is 0 Å². The van der Waals surface area contributed by atoms with Crippen molar-refractivity contribution >= 4 is 22.0 Å². The zero-order valence-electron chi connectivity index (χ0n) is 18.3. The summed E-state index contributed by atoms with van der Waals surface area (Å²) in [5.74, 6) is 1.06. The molecule has 5 heteroatoms. The lowest BCUT2D eigenvalue weighted by atomic mass is 9.53. The Labute approximate surface area is 174 Å². The van der Waals surface area contributed by atoms with E-state index in [9.17, 15) is 13.0 Å². The Balaban J connectivity index is 2.14. The number of aliphatic imine (C=N–C) groups is 1. The van der Waals surface area contributed by atoms with Gasteiger partial charge in [0.15, 0.2) is 0 Å². The van der Waals surface area contributed by atoms with E-state index in [1.807, 2.05) is 0 Å². The number of fused-ring (bicyclic) bond motifs is 1. The first-order chi connectivity index (χ1) is 13.3. The Hall–Kier alpha value is -1.98. The van der Waals surface area contributed by atoms with Crippen LogP contribution in [0.4, 0.5) is 5.69 Å². The van der Waals surface area contributed by atoms with E-state index in [1.165, 1.54) is 17.2 Å². The van der Waals surface area contributed by atoms with Gasteiger partial charge in [0, 0.05) is 6.21 Å². The SMILES string of the molecule is Cc1cc2c(cc1C=Nc1ccccc1S(=O)(=O)O)C(C)(C)[C@@H](C)[C@H](C)C2(C)C. The van der Waals surface area contributed by atoms with Crippen LogP contribution in [0.5, 0.6) is 0 Å². The third-order valence-corrected chi connectivity index (χ3v) is 8.21. The number of benzene rings is 2. The molecule has 0 unspecified atom stereocenters. The smallest absolute Gasteiger partial charge is 0.282 e. The van der Waals surface area contributed by atoms with Gasteiger partial charge in [-0.15, -0.1) is 0 Å². The van der Waals surface area contributed by atoms with Crippen molar-refractivity contribution in [3.8, 4) is 0 Å². The van der Waals surface area contributed by atoms with Gasteiger partial charge in [-0.1, -0.05) is 59.7 Å². The van der Waals surface area contributed by atoms with Crippen molar-refractivity contribution in [2.45, 2.75) is 64.2 Å². The number of para-hydroxylation sites is 1. The summed E-state index contributed by atoms with van der Waals surface area (Å²) in [6.07, 6.45) is 1.70. The second-order valence-corrected chi connectivity index (χ2v) is 10.9. The summed E-state index contributed by atoms with van der Waals surface area (Å²) in [6, 6.07) is 10.7. The fourth-order valence-corrected chi connectivity index (χ4v) is 5.23. The van der Waals surface area contributed by atoms with Crippen LogP contribution < -0.4 is 0 Å². The molecule has 0 saturated carbocycles. The number of rotatable bonds is 3. The van der Waals surface area contributed by atoms with Gasteiger partial charge in [-0.25, -0.2) is 0 Å². The highest BCUT2D eigenvalue weighted by Crippen LogP contribution is 2.52. The summed E-state index contributed by atoms with van der Waals surface area (Å²) in [5, 5.41) is 0. The van der Waals surface area contributed by atoms with E-state index < -0.39 is 10.1 Å². The van der Waals surface area contributed by atoms with E-state index in [4.69, 9.17) is 0 Å². The number of hydrogen-bond acceptors (Lipinski definition) is 3. The van der Waals surface area contributed by atoms with Crippen molar-refractivity contribution in [3.05, 3.63) is 58.7 Å². The van der Waals surface area contributed by atoms with Gasteiger partial charge in [-0.2, -0.15) is 8.42 Å². The maximum atomic E-state index is 11.6. The van der Waals surface area contributed by atoms with E-state index in [2.05, 4.69) is 65.6 Å². The van der Waals surface area contributed by atoms with Crippen LogP contribution in [0.3, 0.4) is 0 Å². The van der Waals surface area contributed by atoms with Crippen LogP contribution in [0.2, 0.25) is 0 Å². The average molecular weight is 414 g/mol. The van der Waals surface area contributed by atoms with Crippen LogP contribution in [0, 0.1) is 18.8 Å². The lowest BCUT2D eigenvalue weighted by Crippen LogP contribution is -2.46. The molecule has 0 heterocycles. The minimum atomic E-state index is -4.32. The second-order valence-electron chi connectivity index (χ2n) is 9.48. The maximum absolute atomic E-state index is 11.6. The largest absolute Gasteiger partial charge is 0.296 e. The third kappa shape index (κ3) is 3.66. The number of hydrogen-bond donors (Lipinski definition) is 1. The Morgan fingerprint density at radius 3 is 2.03 bits per heavy atom. The Morgan fingerprint density at radius 2 is 1.48 bits per heavy atom. The highest BCUT2D eigenvalue weighted by atomic mass is 32.2. The topological polar surface area (TPSA) is 66.7 Å². The summed E-state index contributed by atoms with van der Waals surface area (Å²) in [5.41, 5.74) is 5.08. The van der Waals surface area contributed by atoms with E-state index in [0.29, 0.717) is 11.8 Å². The molecule has 0 bridgehead atoms. The molecule has 0 amide bonds. The number of nitrogens with zero attached hydrogens (tertiary/aromatic N) is 1. The van der Waals surface area contributed by atoms with Crippen LogP contribution in [0.1, 0.15) is 63.8 Å². The first kappa shape index (κ1) is 21.7. The molecule has 0 spiro atoms. The van der Waals surface area contributed by atoms with Crippen molar-refractivity contribution in [3.63, 3.8) is 0 Å². The molecule has 4 nitrogen and oxygen atoms in total. The van der Waals surface area contributed by atoms with Crippen molar-refractivity contribution in [2.75, 3.05) is 0 Å². The molecular weight excluding hydrogens is 382 g/mol. The molecule has 2 atom stereocenters. The maximum Gasteiger partial charge on any atom is 0.296 e. The van der Waals surface area contributed by atoms with Gasteiger partial charge >= 0.3 is 0 Å². The minimum Gasteiger partial charge on any atom is -0.282 e. The highest BCUT2D eigenvalue weighted by Gasteiger charge is 2.47. The Bertz CT molecular complexity index is 1080. The van der Waals surface area contributed by atoms with Crippen LogP contribution >= 0.6 is 0 Å². The van der Waals surface area contributed by atoms with Crippen LogP contribution in [0.15, 0.2) is 46.3 Å². The minimum absolute atomic E-state index is 0.0207. The first-order valence-electron chi connectivity index (χ1n) is 10.0. The predicted molar refractivity (Wildman–Crippen MR) is 119 cm³/mol. The summed E-state index contributed by atoms with van der Waals surface area (Å²) in [6.45, 7) is 16.0. The van der Waals surface area contributed by atoms with Crippen molar-refractivity contribution in [1.29, 1.82) is 0 Å². The molecule has 0 radical (unpaired) electrons. The van der Waals surface area contributed by atoms with Crippen LogP contribution in [-0.4, -0.2) is 19.2 Å². The quantitative estimate of drug-likeness (QED) is 0.508. The van der Waals surface area contributed by atoms with Gasteiger partial charge in [0.05, 0.1) is 5.69 Å². The van der Waals surface area contributed by atoms with Crippen LogP contribution in [0.25, 0.3) is 0 Å². The molecule has 0 aromatic heterocycles. The molecular formula is C24H31NO3S. The lowest BCUT2D eigenvalue weighted by Gasteiger charge is -2.51. The Morgan fingerprint density at radius 1 is 0.966 bits per heavy atom. The monoisotopic (exact) mass is 413 g/mol. The van der Waals surface area contributed by atoms with E-state index in [1.54, 1.807) is 24.4 Å². The standard InChI is InChI=1S/C24H31NO3S/c1-15-12-19-20(24(6,7)17(3)16(2)23(19,4)5)13-18(15)14-25-21-10-8-9-11-22(21)29(26,27)28/h8-14,16-17H,1-7H3,(H,26,27,28)/t16-,17-/m0/s1. The summed E-state index contributed by atoms with van der Waals surface area (Å²) >= 11 is 0. The van der Waals surface area contributed by atoms with Gasteiger partial charge in [-0.3, -0.25) is 9.55 Å². The summed E-state index contributed by atoms with van der Waals surface area (Å²) in [7, 11) is -4.32. The zero-order chi connectivity index (χ0) is 21.8. The fraction of sp³-hybridized carbons (Fsp3) is 0.458. The van der Waals surface area contributed by atoms with Gasteiger partial charge < -0.3 is 0 Å². The third-order valence-electron chi connectivity index (χ3n) is 7.31. The van der Waals surface area contributed by atoms with Gasteiger partial charge in [0.25, 0.3) is 10.1 Å². The van der Waals surface area contributed by atoms with Gasteiger partial charge in [0.1, 0.15) is 4.90 Å². The van der Waals surface area contributed by atoms with E-state index >= 15 is 0 Å². The molecule has 1 N–H and O–H groups in total.